The standard InChI is InChI=1S/C16H19N3O3S2/c20-15(19-7-1-2-8-19)11-3-5-12(6-4-11)17-16-18-13-9-24(21,22)10-14(13)23-16/h3-6,13-14H,1-2,7-10H2,(H,17,18)/t13-,14+/m0/s1. The van der Waals surface area contributed by atoms with E-state index in [0.717, 1.165) is 36.8 Å². The zero-order valence-corrected chi connectivity index (χ0v) is 14.8. The monoisotopic (exact) mass is 365 g/mol. The van der Waals surface area contributed by atoms with E-state index in [2.05, 4.69) is 10.3 Å². The van der Waals surface area contributed by atoms with Crippen molar-refractivity contribution in [2.24, 2.45) is 4.99 Å². The Balaban J connectivity index is 1.40. The second kappa shape index (κ2) is 6.07. The normalized spacial score (nSPS) is 27.8. The van der Waals surface area contributed by atoms with Gasteiger partial charge in [0.1, 0.15) is 0 Å². The molecular weight excluding hydrogens is 346 g/mol. The molecule has 3 aliphatic heterocycles. The number of nitrogens with zero attached hydrogens (tertiary/aromatic N) is 2. The Bertz CT molecular complexity index is 783. The SMILES string of the molecule is O=C(c1ccc(NC2=N[C@H]3CS(=O)(=O)C[C@H]3S2)cc1)N1CCCC1. The first-order valence-corrected chi connectivity index (χ1v) is 10.8. The lowest BCUT2D eigenvalue weighted by atomic mass is 10.2. The van der Waals surface area contributed by atoms with Crippen LogP contribution in [0.5, 0.6) is 0 Å². The summed E-state index contributed by atoms with van der Waals surface area (Å²) in [6, 6.07) is 7.27. The highest BCUT2D eigenvalue weighted by Crippen LogP contribution is 2.34. The van der Waals surface area contributed by atoms with Gasteiger partial charge >= 0.3 is 0 Å². The van der Waals surface area contributed by atoms with Crippen molar-refractivity contribution < 1.29 is 13.2 Å². The number of nitrogens with one attached hydrogen (secondary N) is 1. The van der Waals surface area contributed by atoms with Crippen LogP contribution in [-0.4, -0.2) is 60.3 Å². The van der Waals surface area contributed by atoms with Gasteiger partial charge in [-0.1, -0.05) is 11.8 Å². The number of hydrogen-bond donors (Lipinski definition) is 1. The Morgan fingerprint density at radius 3 is 2.54 bits per heavy atom. The molecule has 0 bridgehead atoms. The van der Waals surface area contributed by atoms with Crippen LogP contribution in [0.1, 0.15) is 23.2 Å². The fourth-order valence-electron chi connectivity index (χ4n) is 3.34. The van der Waals surface area contributed by atoms with Crippen molar-refractivity contribution in [1.29, 1.82) is 0 Å². The van der Waals surface area contributed by atoms with Crippen molar-refractivity contribution >= 4 is 38.4 Å². The minimum absolute atomic E-state index is 0.0357. The maximum Gasteiger partial charge on any atom is 0.253 e. The summed E-state index contributed by atoms with van der Waals surface area (Å²) in [7, 11) is -2.92. The number of amidine groups is 1. The third-order valence-electron chi connectivity index (χ3n) is 4.59. The van der Waals surface area contributed by atoms with Gasteiger partial charge in [-0.15, -0.1) is 0 Å². The van der Waals surface area contributed by atoms with Gasteiger partial charge in [0, 0.05) is 29.6 Å². The number of amides is 1. The molecule has 1 aromatic rings. The van der Waals surface area contributed by atoms with E-state index in [-0.39, 0.29) is 28.7 Å². The van der Waals surface area contributed by atoms with Gasteiger partial charge in [0.15, 0.2) is 15.0 Å². The Morgan fingerprint density at radius 1 is 1.17 bits per heavy atom. The van der Waals surface area contributed by atoms with Crippen LogP contribution in [0.15, 0.2) is 29.3 Å². The summed E-state index contributed by atoms with van der Waals surface area (Å²) in [5, 5.41) is 4.02. The van der Waals surface area contributed by atoms with Crippen molar-refractivity contribution in [3.8, 4) is 0 Å². The van der Waals surface area contributed by atoms with Crippen LogP contribution in [-0.2, 0) is 9.84 Å². The van der Waals surface area contributed by atoms with Gasteiger partial charge < -0.3 is 10.2 Å². The van der Waals surface area contributed by atoms with Gasteiger partial charge in [0.2, 0.25) is 0 Å². The second-order valence-electron chi connectivity index (χ2n) is 6.44. The molecule has 1 aromatic carbocycles. The van der Waals surface area contributed by atoms with Gasteiger partial charge in [-0.3, -0.25) is 9.79 Å². The molecule has 0 unspecified atom stereocenters. The number of sulfone groups is 1. The number of anilines is 1. The molecule has 2 fully saturated rings. The average molecular weight is 365 g/mol. The van der Waals surface area contributed by atoms with Crippen molar-refractivity contribution in [3.63, 3.8) is 0 Å². The molecule has 2 atom stereocenters. The van der Waals surface area contributed by atoms with E-state index in [0.29, 0.717) is 5.56 Å². The quantitative estimate of drug-likeness (QED) is 0.861. The smallest absolute Gasteiger partial charge is 0.253 e. The molecule has 0 aliphatic carbocycles. The zero-order chi connectivity index (χ0) is 16.7. The number of fused-ring (bicyclic) bond motifs is 1. The molecule has 0 spiro atoms. The van der Waals surface area contributed by atoms with Crippen LogP contribution < -0.4 is 5.32 Å². The lowest BCUT2D eigenvalue weighted by Crippen LogP contribution is -2.27. The molecule has 1 amide bonds. The van der Waals surface area contributed by atoms with Crippen LogP contribution in [0, 0.1) is 0 Å². The highest BCUT2D eigenvalue weighted by Gasteiger charge is 2.42. The van der Waals surface area contributed by atoms with Crippen molar-refractivity contribution in [3.05, 3.63) is 29.8 Å². The van der Waals surface area contributed by atoms with Crippen LogP contribution in [0.4, 0.5) is 5.69 Å². The van der Waals surface area contributed by atoms with E-state index in [1.165, 1.54) is 11.8 Å². The summed E-state index contributed by atoms with van der Waals surface area (Å²) in [6.45, 7) is 1.69. The average Bonchev–Trinajstić information content (AvgIpc) is 3.22. The molecule has 3 heterocycles. The number of thioether (sulfide) groups is 1. The molecule has 0 aromatic heterocycles. The van der Waals surface area contributed by atoms with Crippen LogP contribution >= 0.6 is 11.8 Å². The zero-order valence-electron chi connectivity index (χ0n) is 13.1. The maximum atomic E-state index is 12.3. The molecule has 8 heteroatoms. The third kappa shape index (κ3) is 3.17. The van der Waals surface area contributed by atoms with Gasteiger partial charge in [0.25, 0.3) is 5.91 Å². The number of hydrogen-bond acceptors (Lipinski definition) is 6. The summed E-state index contributed by atoms with van der Waals surface area (Å²) in [5.74, 6) is 0.450. The molecule has 2 saturated heterocycles. The molecular formula is C16H19N3O3S2. The number of carbonyl (C=O) groups excluding carboxylic acids is 1. The van der Waals surface area contributed by atoms with Crippen LogP contribution in [0.25, 0.3) is 0 Å². The highest BCUT2D eigenvalue weighted by atomic mass is 32.2. The molecule has 0 saturated carbocycles. The van der Waals surface area contributed by atoms with Gasteiger partial charge in [0.05, 0.1) is 17.5 Å². The summed E-state index contributed by atoms with van der Waals surface area (Å²) in [4.78, 5) is 18.7. The fourth-order valence-corrected chi connectivity index (χ4v) is 7.01. The van der Waals surface area contributed by atoms with E-state index in [1.54, 1.807) is 0 Å². The second-order valence-corrected chi connectivity index (χ2v) is 9.82. The predicted octanol–water partition coefficient (Wildman–Crippen LogP) is 1.60. The highest BCUT2D eigenvalue weighted by molar-refractivity contribution is 8.15. The van der Waals surface area contributed by atoms with Crippen molar-refractivity contribution in [2.45, 2.75) is 24.1 Å². The largest absolute Gasteiger partial charge is 0.339 e. The Hall–Kier alpha value is -1.54. The van der Waals surface area contributed by atoms with Crippen LogP contribution in [0.3, 0.4) is 0 Å². The van der Waals surface area contributed by atoms with E-state index < -0.39 is 9.84 Å². The number of aliphatic imine (C=N–C) groups is 1. The van der Waals surface area contributed by atoms with E-state index in [9.17, 15) is 13.2 Å². The van der Waals surface area contributed by atoms with Crippen LogP contribution in [0.2, 0.25) is 0 Å². The molecule has 24 heavy (non-hydrogen) atoms. The summed E-state index contributed by atoms with van der Waals surface area (Å²) in [5.41, 5.74) is 1.56. The fraction of sp³-hybridized carbons (Fsp3) is 0.500. The molecule has 128 valence electrons. The maximum absolute atomic E-state index is 12.3. The first-order chi connectivity index (χ1) is 11.5. The summed E-state index contributed by atoms with van der Waals surface area (Å²) < 4.78 is 23.2. The summed E-state index contributed by atoms with van der Waals surface area (Å²) >= 11 is 1.49. The minimum atomic E-state index is -2.92. The lowest BCUT2D eigenvalue weighted by molar-refractivity contribution is 0.0793. The number of benzene rings is 1. The first kappa shape index (κ1) is 16.0. The molecule has 6 nitrogen and oxygen atoms in total. The summed E-state index contributed by atoms with van der Waals surface area (Å²) in [6.07, 6.45) is 2.17. The minimum Gasteiger partial charge on any atom is -0.339 e. The predicted molar refractivity (Wildman–Crippen MR) is 96.5 cm³/mol. The Labute approximate surface area is 145 Å². The molecule has 3 aliphatic rings. The first-order valence-electron chi connectivity index (χ1n) is 8.11. The van der Waals surface area contributed by atoms with E-state index >= 15 is 0 Å². The molecule has 1 N–H and O–H groups in total. The van der Waals surface area contributed by atoms with Crippen molar-refractivity contribution in [1.82, 2.24) is 4.90 Å². The molecule has 0 radical (unpaired) electrons. The topological polar surface area (TPSA) is 78.8 Å². The Morgan fingerprint density at radius 2 is 1.88 bits per heavy atom. The number of rotatable bonds is 2. The number of carbonyl (C=O) groups is 1. The van der Waals surface area contributed by atoms with E-state index in [1.807, 2.05) is 29.2 Å². The van der Waals surface area contributed by atoms with Crippen molar-refractivity contribution in [2.75, 3.05) is 29.9 Å². The van der Waals surface area contributed by atoms with Gasteiger partial charge in [-0.25, -0.2) is 8.42 Å². The number of likely N-dealkylation sites (tertiary alicyclic amines) is 1. The Kier molecular flexibility index (Phi) is 4.04. The van der Waals surface area contributed by atoms with Gasteiger partial charge in [-0.05, 0) is 37.1 Å². The van der Waals surface area contributed by atoms with E-state index in [4.69, 9.17) is 0 Å². The lowest BCUT2D eigenvalue weighted by Gasteiger charge is -2.15. The van der Waals surface area contributed by atoms with Gasteiger partial charge in [-0.2, -0.15) is 0 Å². The third-order valence-corrected chi connectivity index (χ3v) is 7.74. The molecule has 4 rings (SSSR count).